The lowest BCUT2D eigenvalue weighted by Gasteiger charge is -2.20. The van der Waals surface area contributed by atoms with E-state index >= 15 is 0 Å². The Labute approximate surface area is 95.1 Å². The average Bonchev–Trinajstić information content (AvgIpc) is 3.13. The molecule has 1 aromatic heterocycles. The number of nitriles is 1. The first kappa shape index (κ1) is 11.1. The molecule has 0 atom stereocenters. The molecule has 16 heavy (non-hydrogen) atoms. The molecule has 1 aliphatic rings. The van der Waals surface area contributed by atoms with Crippen LogP contribution in [-0.2, 0) is 6.54 Å². The summed E-state index contributed by atoms with van der Waals surface area (Å²) in [5.74, 6) is 0. The maximum absolute atomic E-state index is 8.99. The van der Waals surface area contributed by atoms with Gasteiger partial charge in [-0.15, -0.1) is 0 Å². The summed E-state index contributed by atoms with van der Waals surface area (Å²) >= 11 is 0. The summed E-state index contributed by atoms with van der Waals surface area (Å²) in [6.45, 7) is 1.68. The van der Waals surface area contributed by atoms with Crippen molar-refractivity contribution in [3.05, 3.63) is 29.6 Å². The molecule has 0 saturated heterocycles. The molecule has 1 saturated carbocycles. The van der Waals surface area contributed by atoms with Gasteiger partial charge in [-0.25, -0.2) is 4.98 Å². The molecule has 0 unspecified atom stereocenters. The maximum atomic E-state index is 8.99. The van der Waals surface area contributed by atoms with E-state index in [-0.39, 0.29) is 6.61 Å². The van der Waals surface area contributed by atoms with Gasteiger partial charge in [0.2, 0.25) is 0 Å². The van der Waals surface area contributed by atoms with Crippen molar-refractivity contribution in [2.24, 2.45) is 0 Å². The molecule has 0 bridgehead atoms. The smallest absolute Gasteiger partial charge is 0.140 e. The molecule has 4 nitrogen and oxygen atoms in total. The Balaban J connectivity index is 2.03. The fourth-order valence-corrected chi connectivity index (χ4v) is 1.83. The summed E-state index contributed by atoms with van der Waals surface area (Å²) in [4.78, 5) is 6.20. The summed E-state index contributed by atoms with van der Waals surface area (Å²) in [5, 5.41) is 17.7. The molecule has 0 aromatic carbocycles. The van der Waals surface area contributed by atoms with Crippen LogP contribution in [0.2, 0.25) is 0 Å². The summed E-state index contributed by atoms with van der Waals surface area (Å²) in [6, 6.07) is 6.39. The summed E-state index contributed by atoms with van der Waals surface area (Å²) in [5.41, 5.74) is 1.55. The molecule has 0 radical (unpaired) electrons. The minimum Gasteiger partial charge on any atom is -0.395 e. The van der Waals surface area contributed by atoms with Crippen LogP contribution in [0.4, 0.5) is 0 Å². The van der Waals surface area contributed by atoms with Gasteiger partial charge in [-0.3, -0.25) is 4.90 Å². The molecular weight excluding hydrogens is 202 g/mol. The van der Waals surface area contributed by atoms with E-state index in [4.69, 9.17) is 10.4 Å². The van der Waals surface area contributed by atoms with E-state index in [2.05, 4.69) is 9.88 Å². The monoisotopic (exact) mass is 217 g/mol. The highest BCUT2D eigenvalue weighted by Crippen LogP contribution is 2.27. The lowest BCUT2D eigenvalue weighted by molar-refractivity contribution is 0.183. The van der Waals surface area contributed by atoms with Crippen LogP contribution in [0.15, 0.2) is 18.3 Å². The van der Waals surface area contributed by atoms with Crippen LogP contribution in [0.25, 0.3) is 0 Å². The Morgan fingerprint density at radius 1 is 1.56 bits per heavy atom. The first-order valence-corrected chi connectivity index (χ1v) is 5.53. The Morgan fingerprint density at radius 3 is 3.00 bits per heavy atom. The molecule has 1 aromatic rings. The largest absolute Gasteiger partial charge is 0.395 e. The normalized spacial score (nSPS) is 15.1. The molecule has 0 spiro atoms. The molecular formula is C12H15N3O. The fourth-order valence-electron chi connectivity index (χ4n) is 1.83. The van der Waals surface area contributed by atoms with Crippen LogP contribution in [-0.4, -0.2) is 34.2 Å². The Bertz CT molecular complexity index is 395. The van der Waals surface area contributed by atoms with Gasteiger partial charge in [0, 0.05) is 25.3 Å². The zero-order valence-electron chi connectivity index (χ0n) is 9.13. The van der Waals surface area contributed by atoms with Crippen molar-refractivity contribution in [3.63, 3.8) is 0 Å². The van der Waals surface area contributed by atoms with E-state index in [1.807, 2.05) is 18.2 Å². The zero-order valence-corrected chi connectivity index (χ0v) is 9.13. The third kappa shape index (κ3) is 2.78. The number of aliphatic hydroxyl groups is 1. The summed E-state index contributed by atoms with van der Waals surface area (Å²) in [7, 11) is 0. The number of aliphatic hydroxyl groups excluding tert-OH is 1. The van der Waals surface area contributed by atoms with Crippen LogP contribution in [0, 0.1) is 11.3 Å². The Kier molecular flexibility index (Phi) is 3.50. The number of nitrogens with zero attached hydrogens (tertiary/aromatic N) is 3. The fraction of sp³-hybridized carbons (Fsp3) is 0.500. The summed E-state index contributed by atoms with van der Waals surface area (Å²) in [6.07, 6.45) is 4.10. The number of pyridine rings is 1. The molecule has 0 aliphatic heterocycles. The maximum Gasteiger partial charge on any atom is 0.140 e. The number of rotatable bonds is 5. The van der Waals surface area contributed by atoms with Crippen molar-refractivity contribution >= 4 is 0 Å². The van der Waals surface area contributed by atoms with Crippen molar-refractivity contribution in [1.29, 1.82) is 5.26 Å². The topological polar surface area (TPSA) is 60.2 Å². The standard InChI is InChI=1S/C12H15N3O/c13-8-11-7-10(3-4-14-11)9-15(5-6-16)12-1-2-12/h3-4,7,12,16H,1-2,5-6,9H2. The van der Waals surface area contributed by atoms with Gasteiger partial charge in [0.1, 0.15) is 11.8 Å². The van der Waals surface area contributed by atoms with Crippen LogP contribution in [0.1, 0.15) is 24.1 Å². The van der Waals surface area contributed by atoms with Gasteiger partial charge in [0.05, 0.1) is 6.61 Å². The predicted molar refractivity (Wildman–Crippen MR) is 59.5 cm³/mol. The van der Waals surface area contributed by atoms with Crippen molar-refractivity contribution in [3.8, 4) is 6.07 Å². The second-order valence-electron chi connectivity index (χ2n) is 4.09. The second-order valence-corrected chi connectivity index (χ2v) is 4.09. The first-order chi connectivity index (χ1) is 7.83. The lowest BCUT2D eigenvalue weighted by atomic mass is 10.2. The van der Waals surface area contributed by atoms with Gasteiger partial charge in [-0.2, -0.15) is 5.26 Å². The van der Waals surface area contributed by atoms with Crippen molar-refractivity contribution in [2.45, 2.75) is 25.4 Å². The van der Waals surface area contributed by atoms with Gasteiger partial charge >= 0.3 is 0 Å². The molecule has 1 fully saturated rings. The third-order valence-electron chi connectivity index (χ3n) is 2.78. The second kappa shape index (κ2) is 5.06. The van der Waals surface area contributed by atoms with Gasteiger partial charge in [-0.05, 0) is 30.5 Å². The van der Waals surface area contributed by atoms with Crippen LogP contribution < -0.4 is 0 Å². The van der Waals surface area contributed by atoms with Gasteiger partial charge < -0.3 is 5.11 Å². The predicted octanol–water partition coefficient (Wildman–Crippen LogP) is 0.910. The highest BCUT2D eigenvalue weighted by molar-refractivity contribution is 5.25. The highest BCUT2D eigenvalue weighted by Gasteiger charge is 2.28. The first-order valence-electron chi connectivity index (χ1n) is 5.53. The molecule has 0 amide bonds. The van der Waals surface area contributed by atoms with E-state index < -0.39 is 0 Å². The Morgan fingerprint density at radius 2 is 2.38 bits per heavy atom. The Hall–Kier alpha value is -1.44. The van der Waals surface area contributed by atoms with E-state index in [1.54, 1.807) is 6.20 Å². The molecule has 1 aliphatic carbocycles. The van der Waals surface area contributed by atoms with Gasteiger partial charge in [0.15, 0.2) is 0 Å². The molecule has 84 valence electrons. The minimum absolute atomic E-state index is 0.187. The number of hydrogen-bond acceptors (Lipinski definition) is 4. The number of hydrogen-bond donors (Lipinski definition) is 1. The van der Waals surface area contributed by atoms with Crippen molar-refractivity contribution in [1.82, 2.24) is 9.88 Å². The summed E-state index contributed by atoms with van der Waals surface area (Å²) < 4.78 is 0. The molecule has 1 N–H and O–H groups in total. The number of aromatic nitrogens is 1. The lowest BCUT2D eigenvalue weighted by Crippen LogP contribution is -2.28. The van der Waals surface area contributed by atoms with Crippen molar-refractivity contribution < 1.29 is 5.11 Å². The van der Waals surface area contributed by atoms with Crippen LogP contribution in [0.3, 0.4) is 0 Å². The van der Waals surface area contributed by atoms with Crippen LogP contribution in [0.5, 0.6) is 0 Å². The van der Waals surface area contributed by atoms with Crippen molar-refractivity contribution in [2.75, 3.05) is 13.2 Å². The average molecular weight is 217 g/mol. The van der Waals surface area contributed by atoms with E-state index in [1.165, 1.54) is 12.8 Å². The quantitative estimate of drug-likeness (QED) is 0.796. The highest BCUT2D eigenvalue weighted by atomic mass is 16.3. The molecule has 4 heteroatoms. The van der Waals surface area contributed by atoms with E-state index in [9.17, 15) is 0 Å². The third-order valence-corrected chi connectivity index (χ3v) is 2.78. The SMILES string of the molecule is N#Cc1cc(CN(CCO)C2CC2)ccn1. The van der Waals surface area contributed by atoms with E-state index in [0.717, 1.165) is 12.1 Å². The molecule has 2 rings (SSSR count). The minimum atomic E-state index is 0.187. The van der Waals surface area contributed by atoms with Gasteiger partial charge in [-0.1, -0.05) is 0 Å². The van der Waals surface area contributed by atoms with E-state index in [0.29, 0.717) is 18.3 Å². The molecule has 1 heterocycles. The van der Waals surface area contributed by atoms with Gasteiger partial charge in [0.25, 0.3) is 0 Å². The zero-order chi connectivity index (χ0) is 11.4. The van der Waals surface area contributed by atoms with Crippen LogP contribution >= 0.6 is 0 Å².